The zero-order valence-corrected chi connectivity index (χ0v) is 14.1. The first-order valence-corrected chi connectivity index (χ1v) is 8.10. The molecule has 0 bridgehead atoms. The van der Waals surface area contributed by atoms with Crippen molar-refractivity contribution < 1.29 is 14.1 Å². The predicted octanol–water partition coefficient (Wildman–Crippen LogP) is 2.71. The molecule has 2 aromatic rings. The van der Waals surface area contributed by atoms with Crippen LogP contribution in [0.2, 0.25) is 0 Å². The third kappa shape index (κ3) is 3.32. The second kappa shape index (κ2) is 6.47. The number of hydrogen-bond donors (Lipinski definition) is 1. The Morgan fingerprint density at radius 2 is 2.12 bits per heavy atom. The molecule has 2 amide bonds. The van der Waals surface area contributed by atoms with E-state index in [4.69, 9.17) is 4.52 Å². The largest absolute Gasteiger partial charge is 0.361 e. The number of nitrogens with zero attached hydrogens (tertiary/aromatic N) is 2. The van der Waals surface area contributed by atoms with E-state index in [2.05, 4.69) is 10.5 Å². The van der Waals surface area contributed by atoms with E-state index in [1.165, 1.54) is 0 Å². The average molecular weight is 327 g/mol. The van der Waals surface area contributed by atoms with Crippen molar-refractivity contribution in [3.8, 4) is 0 Å². The van der Waals surface area contributed by atoms with Crippen LogP contribution in [0.1, 0.15) is 30.9 Å². The van der Waals surface area contributed by atoms with Crippen LogP contribution in [-0.4, -0.2) is 23.5 Å². The minimum absolute atomic E-state index is 0.0266. The Morgan fingerprint density at radius 3 is 2.79 bits per heavy atom. The van der Waals surface area contributed by atoms with Gasteiger partial charge in [0.25, 0.3) is 0 Å². The molecule has 0 unspecified atom stereocenters. The Morgan fingerprint density at radius 1 is 1.33 bits per heavy atom. The number of aromatic nitrogens is 1. The van der Waals surface area contributed by atoms with Gasteiger partial charge >= 0.3 is 0 Å². The van der Waals surface area contributed by atoms with E-state index in [0.29, 0.717) is 18.0 Å². The molecule has 0 atom stereocenters. The SMILES string of the molecule is Cc1cc(CC(=O)Nc2ccc3c(c2)CCN3C(=O)C(C)C)no1. The molecule has 1 aliphatic rings. The maximum Gasteiger partial charge on any atom is 0.230 e. The summed E-state index contributed by atoms with van der Waals surface area (Å²) in [6, 6.07) is 7.42. The number of fused-ring (bicyclic) bond motifs is 1. The van der Waals surface area contributed by atoms with Crippen molar-refractivity contribution in [2.45, 2.75) is 33.6 Å². The monoisotopic (exact) mass is 327 g/mol. The van der Waals surface area contributed by atoms with E-state index in [1.54, 1.807) is 13.0 Å². The summed E-state index contributed by atoms with van der Waals surface area (Å²) < 4.78 is 4.96. The zero-order chi connectivity index (χ0) is 17.3. The van der Waals surface area contributed by atoms with Gasteiger partial charge in [-0.2, -0.15) is 0 Å². The molecule has 1 aliphatic heterocycles. The Labute approximate surface area is 140 Å². The smallest absolute Gasteiger partial charge is 0.230 e. The van der Waals surface area contributed by atoms with Gasteiger partial charge in [0.2, 0.25) is 11.8 Å². The molecular formula is C18H21N3O3. The lowest BCUT2D eigenvalue weighted by atomic mass is 10.1. The van der Waals surface area contributed by atoms with Crippen LogP contribution in [-0.2, 0) is 22.4 Å². The summed E-state index contributed by atoms with van der Waals surface area (Å²) in [6.45, 7) is 6.29. The van der Waals surface area contributed by atoms with Gasteiger partial charge in [0, 0.05) is 29.9 Å². The fourth-order valence-corrected chi connectivity index (χ4v) is 2.89. The average Bonchev–Trinajstić information content (AvgIpc) is 3.12. The van der Waals surface area contributed by atoms with Crippen molar-refractivity contribution in [2.24, 2.45) is 5.92 Å². The molecule has 24 heavy (non-hydrogen) atoms. The van der Waals surface area contributed by atoms with Crippen molar-refractivity contribution in [1.82, 2.24) is 5.16 Å². The standard InChI is InChI=1S/C18H21N3O3/c1-11(2)18(23)21-7-6-13-9-14(4-5-16(13)21)19-17(22)10-15-8-12(3)24-20-15/h4-5,8-9,11H,6-7,10H2,1-3H3,(H,19,22). The van der Waals surface area contributed by atoms with Crippen molar-refractivity contribution in [1.29, 1.82) is 0 Å². The van der Waals surface area contributed by atoms with Crippen LogP contribution in [0, 0.1) is 12.8 Å². The molecule has 0 saturated carbocycles. The van der Waals surface area contributed by atoms with Crippen LogP contribution >= 0.6 is 0 Å². The molecule has 1 aromatic carbocycles. The van der Waals surface area contributed by atoms with Gasteiger partial charge in [0.1, 0.15) is 5.76 Å². The Bertz CT molecular complexity index is 780. The molecule has 0 radical (unpaired) electrons. The Kier molecular flexibility index (Phi) is 4.38. The highest BCUT2D eigenvalue weighted by atomic mass is 16.5. The van der Waals surface area contributed by atoms with E-state index in [0.717, 1.165) is 23.4 Å². The Hall–Kier alpha value is -2.63. The van der Waals surface area contributed by atoms with Gasteiger partial charge in [-0.3, -0.25) is 9.59 Å². The lowest BCUT2D eigenvalue weighted by Gasteiger charge is -2.19. The molecule has 0 aliphatic carbocycles. The van der Waals surface area contributed by atoms with Gasteiger partial charge in [-0.25, -0.2) is 0 Å². The van der Waals surface area contributed by atoms with Gasteiger partial charge in [-0.1, -0.05) is 19.0 Å². The van der Waals surface area contributed by atoms with Crippen molar-refractivity contribution in [2.75, 3.05) is 16.8 Å². The highest BCUT2D eigenvalue weighted by Gasteiger charge is 2.26. The summed E-state index contributed by atoms with van der Waals surface area (Å²) in [5, 5.41) is 6.69. The molecule has 6 nitrogen and oxygen atoms in total. The molecule has 3 rings (SSSR count). The van der Waals surface area contributed by atoms with Gasteiger partial charge in [0.15, 0.2) is 0 Å². The van der Waals surface area contributed by atoms with Crippen LogP contribution in [0.4, 0.5) is 11.4 Å². The first kappa shape index (κ1) is 16.2. The van der Waals surface area contributed by atoms with Crippen LogP contribution in [0.15, 0.2) is 28.8 Å². The van der Waals surface area contributed by atoms with Gasteiger partial charge in [0.05, 0.1) is 12.1 Å². The first-order valence-electron chi connectivity index (χ1n) is 8.10. The van der Waals surface area contributed by atoms with Crippen LogP contribution in [0.3, 0.4) is 0 Å². The number of carbonyl (C=O) groups excluding carboxylic acids is 2. The fraction of sp³-hybridized carbons (Fsp3) is 0.389. The van der Waals surface area contributed by atoms with E-state index < -0.39 is 0 Å². The first-order chi connectivity index (χ1) is 11.4. The van der Waals surface area contributed by atoms with Crippen molar-refractivity contribution in [3.05, 3.63) is 41.3 Å². The van der Waals surface area contributed by atoms with E-state index in [-0.39, 0.29) is 24.2 Å². The predicted molar refractivity (Wildman–Crippen MR) is 90.9 cm³/mol. The minimum atomic E-state index is -0.142. The topological polar surface area (TPSA) is 75.4 Å². The molecule has 0 spiro atoms. The molecule has 0 saturated heterocycles. The van der Waals surface area contributed by atoms with Crippen molar-refractivity contribution in [3.63, 3.8) is 0 Å². The van der Waals surface area contributed by atoms with Crippen molar-refractivity contribution >= 4 is 23.2 Å². The second-order valence-electron chi connectivity index (χ2n) is 6.39. The maximum absolute atomic E-state index is 12.2. The molecule has 6 heteroatoms. The third-order valence-corrected chi connectivity index (χ3v) is 4.04. The molecule has 2 heterocycles. The molecule has 0 fully saturated rings. The van der Waals surface area contributed by atoms with Gasteiger partial charge < -0.3 is 14.7 Å². The number of carbonyl (C=O) groups is 2. The summed E-state index contributed by atoms with van der Waals surface area (Å²) >= 11 is 0. The Balaban J connectivity index is 1.68. The summed E-state index contributed by atoms with van der Waals surface area (Å²) in [4.78, 5) is 26.1. The number of hydrogen-bond acceptors (Lipinski definition) is 4. The quantitative estimate of drug-likeness (QED) is 0.937. The third-order valence-electron chi connectivity index (χ3n) is 4.04. The number of aryl methyl sites for hydroxylation is 1. The van der Waals surface area contributed by atoms with E-state index in [1.807, 2.05) is 36.9 Å². The summed E-state index contributed by atoms with van der Waals surface area (Å²) in [6.07, 6.45) is 0.979. The normalized spacial score (nSPS) is 13.2. The maximum atomic E-state index is 12.2. The van der Waals surface area contributed by atoms with Crippen LogP contribution in [0.25, 0.3) is 0 Å². The van der Waals surface area contributed by atoms with Crippen LogP contribution in [0.5, 0.6) is 0 Å². The lowest BCUT2D eigenvalue weighted by molar-refractivity contribution is -0.121. The summed E-state index contributed by atoms with van der Waals surface area (Å²) in [5.74, 6) is 0.648. The van der Waals surface area contributed by atoms with Gasteiger partial charge in [-0.15, -0.1) is 0 Å². The van der Waals surface area contributed by atoms with Gasteiger partial charge in [-0.05, 0) is 37.1 Å². The lowest BCUT2D eigenvalue weighted by Crippen LogP contribution is -2.32. The molecule has 1 N–H and O–H groups in total. The zero-order valence-electron chi connectivity index (χ0n) is 14.1. The summed E-state index contributed by atoms with van der Waals surface area (Å²) in [7, 11) is 0. The molecule has 1 aromatic heterocycles. The fourth-order valence-electron chi connectivity index (χ4n) is 2.89. The van der Waals surface area contributed by atoms with Crippen LogP contribution < -0.4 is 10.2 Å². The highest BCUT2D eigenvalue weighted by molar-refractivity contribution is 5.97. The number of amides is 2. The molecular weight excluding hydrogens is 306 g/mol. The second-order valence-corrected chi connectivity index (χ2v) is 6.39. The number of anilines is 2. The van der Waals surface area contributed by atoms with E-state index in [9.17, 15) is 9.59 Å². The summed E-state index contributed by atoms with van der Waals surface area (Å²) in [5.41, 5.74) is 3.37. The number of rotatable bonds is 4. The minimum Gasteiger partial charge on any atom is -0.361 e. The van der Waals surface area contributed by atoms with E-state index >= 15 is 0 Å². The molecule has 126 valence electrons. The highest BCUT2D eigenvalue weighted by Crippen LogP contribution is 2.31. The number of benzene rings is 1. The number of nitrogens with one attached hydrogen (secondary N) is 1.